The summed E-state index contributed by atoms with van der Waals surface area (Å²) in [6.45, 7) is 9.07. The van der Waals surface area contributed by atoms with Crippen LogP contribution in [0.4, 0.5) is 0 Å². The second-order valence-corrected chi connectivity index (χ2v) is 7.76. The molecule has 1 aromatic rings. The van der Waals surface area contributed by atoms with Crippen molar-refractivity contribution < 1.29 is 9.59 Å². The van der Waals surface area contributed by atoms with Gasteiger partial charge >= 0.3 is 0 Å². The van der Waals surface area contributed by atoms with Crippen molar-refractivity contribution in [2.45, 2.75) is 65.8 Å². The van der Waals surface area contributed by atoms with Crippen LogP contribution in [0.25, 0.3) is 0 Å². The molecule has 0 aromatic carbocycles. The lowest BCUT2D eigenvalue weighted by Gasteiger charge is -2.33. The molecule has 120 valence electrons. The molecule has 4 nitrogen and oxygen atoms in total. The number of aromatic nitrogens is 1. The number of piperidine rings is 1. The lowest BCUT2D eigenvalue weighted by atomic mass is 9.75. The van der Waals surface area contributed by atoms with Crippen molar-refractivity contribution in [1.29, 1.82) is 0 Å². The number of ketones is 1. The second-order valence-electron chi connectivity index (χ2n) is 7.76. The molecule has 2 aliphatic rings. The van der Waals surface area contributed by atoms with Gasteiger partial charge in [-0.1, -0.05) is 13.8 Å². The third kappa shape index (κ3) is 2.49. The summed E-state index contributed by atoms with van der Waals surface area (Å²) in [6.07, 6.45) is 4.72. The predicted molar refractivity (Wildman–Crippen MR) is 86.3 cm³/mol. The van der Waals surface area contributed by atoms with Crippen LogP contribution in [0, 0.1) is 12.3 Å². The van der Waals surface area contributed by atoms with Gasteiger partial charge in [0.05, 0.1) is 0 Å². The van der Waals surface area contributed by atoms with E-state index in [9.17, 15) is 9.59 Å². The normalized spacial score (nSPS) is 24.3. The molecule has 0 bridgehead atoms. The Morgan fingerprint density at radius 2 is 2.00 bits per heavy atom. The molecule has 0 saturated carbocycles. The van der Waals surface area contributed by atoms with Crippen LogP contribution in [-0.2, 0) is 6.42 Å². The largest absolute Gasteiger partial charge is 0.354 e. The summed E-state index contributed by atoms with van der Waals surface area (Å²) in [5, 5.41) is 0. The Kier molecular flexibility index (Phi) is 3.66. The first-order valence-electron chi connectivity index (χ1n) is 8.36. The minimum atomic E-state index is -0.0277. The number of aromatic amines is 1. The molecule has 1 unspecified atom stereocenters. The Hall–Kier alpha value is -1.58. The van der Waals surface area contributed by atoms with E-state index in [0.29, 0.717) is 12.1 Å². The van der Waals surface area contributed by atoms with Crippen molar-refractivity contribution in [3.63, 3.8) is 0 Å². The van der Waals surface area contributed by atoms with Gasteiger partial charge in [-0.05, 0) is 50.5 Å². The number of hydrogen-bond acceptors (Lipinski definition) is 2. The van der Waals surface area contributed by atoms with Gasteiger partial charge in [-0.25, -0.2) is 0 Å². The van der Waals surface area contributed by atoms with Crippen LogP contribution in [0.5, 0.6) is 0 Å². The number of amides is 1. The van der Waals surface area contributed by atoms with Crippen LogP contribution in [0.2, 0.25) is 0 Å². The number of rotatable bonds is 1. The molecule has 1 saturated heterocycles. The van der Waals surface area contributed by atoms with Gasteiger partial charge in [0.25, 0.3) is 5.91 Å². The molecule has 1 N–H and O–H groups in total. The Bertz CT molecular complexity index is 627. The highest BCUT2D eigenvalue weighted by molar-refractivity contribution is 6.04. The molecule has 1 aliphatic heterocycles. The minimum absolute atomic E-state index is 0.0277. The van der Waals surface area contributed by atoms with Gasteiger partial charge in [0.15, 0.2) is 5.78 Å². The van der Waals surface area contributed by atoms with E-state index in [1.54, 1.807) is 0 Å². The smallest absolute Gasteiger partial charge is 0.270 e. The summed E-state index contributed by atoms with van der Waals surface area (Å²) in [5.41, 5.74) is 3.17. The number of Topliss-reactive ketones (excluding diaryl/α,β-unsaturated/α-hetero) is 1. The van der Waals surface area contributed by atoms with Gasteiger partial charge in [-0.3, -0.25) is 9.59 Å². The summed E-state index contributed by atoms with van der Waals surface area (Å²) in [4.78, 5) is 30.6. The fraction of sp³-hybridized carbons (Fsp3) is 0.667. The fourth-order valence-electron chi connectivity index (χ4n) is 3.99. The van der Waals surface area contributed by atoms with E-state index >= 15 is 0 Å². The van der Waals surface area contributed by atoms with Crippen LogP contribution < -0.4 is 0 Å². The Morgan fingerprint density at radius 3 is 2.68 bits per heavy atom. The zero-order valence-corrected chi connectivity index (χ0v) is 14.1. The highest BCUT2D eigenvalue weighted by Crippen LogP contribution is 2.37. The van der Waals surface area contributed by atoms with Crippen molar-refractivity contribution in [2.75, 3.05) is 6.54 Å². The first-order valence-corrected chi connectivity index (χ1v) is 8.36. The second kappa shape index (κ2) is 5.25. The third-order valence-corrected chi connectivity index (χ3v) is 5.18. The van der Waals surface area contributed by atoms with Crippen molar-refractivity contribution in [3.8, 4) is 0 Å². The Morgan fingerprint density at radius 1 is 1.27 bits per heavy atom. The third-order valence-electron chi connectivity index (χ3n) is 5.18. The average molecular weight is 302 g/mol. The standard InChI is InChI=1S/C18H26N2O2/c1-11-7-5-6-8-20(11)17(22)16-12(2)15-13(19-16)9-18(3,4)10-14(15)21/h11,19H,5-10H2,1-4H3. The highest BCUT2D eigenvalue weighted by atomic mass is 16.2. The van der Waals surface area contributed by atoms with Crippen LogP contribution in [-0.4, -0.2) is 34.2 Å². The molecular formula is C18H26N2O2. The molecule has 0 radical (unpaired) electrons. The van der Waals surface area contributed by atoms with Crippen molar-refractivity contribution in [1.82, 2.24) is 9.88 Å². The van der Waals surface area contributed by atoms with Crippen LogP contribution in [0.1, 0.15) is 78.6 Å². The number of nitrogens with one attached hydrogen (secondary N) is 1. The number of carbonyl (C=O) groups excluding carboxylic acids is 2. The number of nitrogens with zero attached hydrogens (tertiary/aromatic N) is 1. The van der Waals surface area contributed by atoms with Crippen LogP contribution in [0.15, 0.2) is 0 Å². The van der Waals surface area contributed by atoms with E-state index in [0.717, 1.165) is 42.6 Å². The Balaban J connectivity index is 1.96. The van der Waals surface area contributed by atoms with E-state index in [2.05, 4.69) is 25.8 Å². The first-order chi connectivity index (χ1) is 10.3. The van der Waals surface area contributed by atoms with Crippen molar-refractivity contribution in [2.24, 2.45) is 5.41 Å². The van der Waals surface area contributed by atoms with E-state index in [1.807, 2.05) is 11.8 Å². The number of carbonyl (C=O) groups is 2. The summed E-state index contributed by atoms with van der Waals surface area (Å²) in [5.74, 6) is 0.232. The SMILES string of the molecule is Cc1c(C(=O)N2CCCCC2C)[nH]c2c1C(=O)CC(C)(C)C2. The summed E-state index contributed by atoms with van der Waals surface area (Å²) in [6, 6.07) is 0.285. The lowest BCUT2D eigenvalue weighted by Crippen LogP contribution is -2.42. The first kappa shape index (κ1) is 15.3. The molecular weight excluding hydrogens is 276 g/mol. The summed E-state index contributed by atoms with van der Waals surface area (Å²) >= 11 is 0. The summed E-state index contributed by atoms with van der Waals surface area (Å²) < 4.78 is 0. The van der Waals surface area contributed by atoms with E-state index < -0.39 is 0 Å². The highest BCUT2D eigenvalue weighted by Gasteiger charge is 2.36. The van der Waals surface area contributed by atoms with Gasteiger partial charge in [0.1, 0.15) is 5.69 Å². The molecule has 0 spiro atoms. The maximum atomic E-state index is 12.9. The number of hydrogen-bond donors (Lipinski definition) is 1. The zero-order valence-electron chi connectivity index (χ0n) is 14.1. The lowest BCUT2D eigenvalue weighted by molar-refractivity contribution is 0.0629. The van der Waals surface area contributed by atoms with Crippen molar-refractivity contribution >= 4 is 11.7 Å². The molecule has 1 fully saturated rings. The molecule has 1 atom stereocenters. The van der Waals surface area contributed by atoms with Gasteiger partial charge < -0.3 is 9.88 Å². The molecule has 4 heteroatoms. The molecule has 3 rings (SSSR count). The van der Waals surface area contributed by atoms with Crippen LogP contribution in [0.3, 0.4) is 0 Å². The van der Waals surface area contributed by atoms with E-state index in [4.69, 9.17) is 0 Å². The van der Waals surface area contributed by atoms with Gasteiger partial charge in [0, 0.05) is 30.3 Å². The van der Waals surface area contributed by atoms with E-state index in [-0.39, 0.29) is 23.1 Å². The monoisotopic (exact) mass is 302 g/mol. The maximum Gasteiger partial charge on any atom is 0.270 e. The number of likely N-dealkylation sites (tertiary alicyclic amines) is 1. The summed E-state index contributed by atoms with van der Waals surface area (Å²) in [7, 11) is 0. The molecule has 22 heavy (non-hydrogen) atoms. The average Bonchev–Trinajstić information content (AvgIpc) is 2.74. The fourth-order valence-corrected chi connectivity index (χ4v) is 3.99. The van der Waals surface area contributed by atoms with Gasteiger partial charge in [0.2, 0.25) is 0 Å². The number of H-pyrrole nitrogens is 1. The van der Waals surface area contributed by atoms with Gasteiger partial charge in [-0.15, -0.1) is 0 Å². The topological polar surface area (TPSA) is 53.2 Å². The van der Waals surface area contributed by atoms with Gasteiger partial charge in [-0.2, -0.15) is 0 Å². The number of fused-ring (bicyclic) bond motifs is 1. The Labute approximate surface area is 132 Å². The van der Waals surface area contributed by atoms with E-state index in [1.165, 1.54) is 6.42 Å². The molecule has 1 amide bonds. The zero-order chi connectivity index (χ0) is 16.1. The quantitative estimate of drug-likeness (QED) is 0.863. The predicted octanol–water partition coefficient (Wildman–Crippen LogP) is 3.49. The van der Waals surface area contributed by atoms with Crippen molar-refractivity contribution in [3.05, 3.63) is 22.5 Å². The molecule has 2 heterocycles. The van der Waals surface area contributed by atoms with Crippen LogP contribution >= 0.6 is 0 Å². The molecule has 1 aromatic heterocycles. The molecule has 1 aliphatic carbocycles. The maximum absolute atomic E-state index is 12.9. The minimum Gasteiger partial charge on any atom is -0.354 e.